The number of ether oxygens (including phenoxy) is 1. The largest absolute Gasteiger partial charge is 0.510 e. The lowest BCUT2D eigenvalue weighted by Crippen LogP contribution is -2.19. The van der Waals surface area contributed by atoms with Crippen molar-refractivity contribution in [3.63, 3.8) is 0 Å². The van der Waals surface area contributed by atoms with Crippen molar-refractivity contribution in [3.05, 3.63) is 47.2 Å². The Morgan fingerprint density at radius 3 is 2.52 bits per heavy atom. The fraction of sp³-hybridized carbons (Fsp3) is 0.312. The molecule has 1 aromatic carbocycles. The van der Waals surface area contributed by atoms with Crippen LogP contribution in [0.25, 0.3) is 0 Å². The Labute approximate surface area is 124 Å². The molecule has 5 nitrogen and oxygen atoms in total. The third-order valence-electron chi connectivity index (χ3n) is 2.88. The van der Waals surface area contributed by atoms with Gasteiger partial charge in [-0.1, -0.05) is 30.3 Å². The highest BCUT2D eigenvalue weighted by Gasteiger charge is 2.25. The third-order valence-corrected chi connectivity index (χ3v) is 2.88. The maximum atomic E-state index is 11.8. The molecule has 0 amide bonds. The first-order chi connectivity index (χ1) is 10.0. The van der Waals surface area contributed by atoms with Crippen LogP contribution in [-0.4, -0.2) is 23.4 Å². The van der Waals surface area contributed by atoms with Crippen molar-refractivity contribution in [2.45, 2.75) is 20.3 Å². The van der Waals surface area contributed by atoms with Crippen molar-refractivity contribution in [1.82, 2.24) is 0 Å². The highest BCUT2D eigenvalue weighted by molar-refractivity contribution is 6.18. The molecular formula is C16H18N2O3. The molecule has 0 aliphatic heterocycles. The highest BCUT2D eigenvalue weighted by atomic mass is 16.5. The van der Waals surface area contributed by atoms with Gasteiger partial charge in [-0.05, 0) is 25.8 Å². The number of nitrogens with one attached hydrogen (secondary N) is 1. The lowest BCUT2D eigenvalue weighted by atomic mass is 9.94. The normalized spacial score (nSPS) is 12.8. The van der Waals surface area contributed by atoms with Crippen LogP contribution in [0.15, 0.2) is 41.7 Å². The van der Waals surface area contributed by atoms with Crippen LogP contribution in [0.2, 0.25) is 0 Å². The Balaban J connectivity index is 3.11. The van der Waals surface area contributed by atoms with E-state index in [1.807, 2.05) is 36.4 Å². The summed E-state index contributed by atoms with van der Waals surface area (Å²) in [6.45, 7) is 3.15. The zero-order chi connectivity index (χ0) is 15.8. The minimum absolute atomic E-state index is 0.126. The molecule has 1 atom stereocenters. The van der Waals surface area contributed by atoms with Gasteiger partial charge in [0.2, 0.25) is 0 Å². The first-order valence-electron chi connectivity index (χ1n) is 6.60. The number of aliphatic hydroxyl groups excluding tert-OH is 1. The molecule has 110 valence electrons. The number of carbonyl (C=O) groups excluding carboxylic acids is 1. The second-order valence-electron chi connectivity index (χ2n) is 4.48. The van der Waals surface area contributed by atoms with Crippen LogP contribution < -0.4 is 0 Å². The van der Waals surface area contributed by atoms with Crippen LogP contribution in [0, 0.1) is 22.7 Å². The highest BCUT2D eigenvalue weighted by Crippen LogP contribution is 2.19. The Hall–Kier alpha value is -2.61. The van der Waals surface area contributed by atoms with E-state index in [4.69, 9.17) is 10.1 Å². The second kappa shape index (κ2) is 7.85. The summed E-state index contributed by atoms with van der Waals surface area (Å²) in [6.07, 6.45) is 0.263. The van der Waals surface area contributed by atoms with Crippen molar-refractivity contribution >= 4 is 11.7 Å². The number of rotatable bonds is 6. The Bertz CT molecular complexity index is 585. The number of nitriles is 1. The lowest BCUT2D eigenvalue weighted by Gasteiger charge is -2.13. The van der Waals surface area contributed by atoms with Crippen molar-refractivity contribution < 1.29 is 14.6 Å². The fourth-order valence-corrected chi connectivity index (χ4v) is 1.88. The fourth-order valence-electron chi connectivity index (χ4n) is 1.88. The van der Waals surface area contributed by atoms with Crippen LogP contribution in [0.5, 0.6) is 0 Å². The maximum Gasteiger partial charge on any atom is 0.343 e. The topological polar surface area (TPSA) is 94.2 Å². The third kappa shape index (κ3) is 4.46. The van der Waals surface area contributed by atoms with Gasteiger partial charge in [0, 0.05) is 5.71 Å². The summed E-state index contributed by atoms with van der Waals surface area (Å²) in [5.41, 5.74) is 0.500. The van der Waals surface area contributed by atoms with E-state index < -0.39 is 17.6 Å². The molecule has 0 radical (unpaired) electrons. The number of allylic oxidation sites excluding steroid dienone is 1. The van der Waals surface area contributed by atoms with E-state index in [1.54, 1.807) is 6.92 Å². The molecule has 0 aliphatic rings. The summed E-state index contributed by atoms with van der Waals surface area (Å²) in [7, 11) is 0. The van der Waals surface area contributed by atoms with Crippen molar-refractivity contribution in [1.29, 1.82) is 10.7 Å². The number of hydrogen-bond donors (Lipinski definition) is 2. The SMILES string of the molecule is CCOC(=O)/C(C(C)=N)=C(\O)C(C#N)Cc1ccccc1. The van der Waals surface area contributed by atoms with Gasteiger partial charge in [-0.25, -0.2) is 4.79 Å². The number of carbonyl (C=O) groups is 1. The minimum Gasteiger partial charge on any atom is -0.510 e. The van der Waals surface area contributed by atoms with Gasteiger partial charge in [0.05, 0.1) is 12.7 Å². The molecule has 0 saturated heterocycles. The zero-order valence-electron chi connectivity index (χ0n) is 12.1. The van der Waals surface area contributed by atoms with E-state index in [2.05, 4.69) is 0 Å². The van der Waals surface area contributed by atoms with Gasteiger partial charge in [0.15, 0.2) is 0 Å². The van der Waals surface area contributed by atoms with Gasteiger partial charge in [-0.3, -0.25) is 0 Å². The van der Waals surface area contributed by atoms with E-state index in [0.29, 0.717) is 0 Å². The smallest absolute Gasteiger partial charge is 0.343 e. The summed E-state index contributed by atoms with van der Waals surface area (Å²) in [5.74, 6) is -2.09. The summed E-state index contributed by atoms with van der Waals surface area (Å²) in [6, 6.07) is 11.2. The average Bonchev–Trinajstić information content (AvgIpc) is 2.45. The summed E-state index contributed by atoms with van der Waals surface area (Å²) < 4.78 is 4.82. The predicted octanol–water partition coefficient (Wildman–Crippen LogP) is 2.78. The Morgan fingerprint density at radius 1 is 1.43 bits per heavy atom. The first kappa shape index (κ1) is 16.4. The van der Waals surface area contributed by atoms with Crippen molar-refractivity contribution in [2.75, 3.05) is 6.61 Å². The lowest BCUT2D eigenvalue weighted by molar-refractivity contribution is -0.138. The molecule has 0 fully saturated rings. The first-order valence-corrected chi connectivity index (χ1v) is 6.60. The second-order valence-corrected chi connectivity index (χ2v) is 4.48. The van der Waals surface area contributed by atoms with Crippen molar-refractivity contribution in [2.24, 2.45) is 5.92 Å². The van der Waals surface area contributed by atoms with E-state index in [9.17, 15) is 15.2 Å². The van der Waals surface area contributed by atoms with Gasteiger partial charge >= 0.3 is 5.97 Å². The van der Waals surface area contributed by atoms with Crippen LogP contribution >= 0.6 is 0 Å². The Morgan fingerprint density at radius 2 is 2.05 bits per heavy atom. The molecule has 21 heavy (non-hydrogen) atoms. The molecule has 5 heteroatoms. The zero-order valence-corrected chi connectivity index (χ0v) is 12.1. The minimum atomic E-state index is -0.896. The molecule has 2 N–H and O–H groups in total. The molecule has 1 rings (SSSR count). The molecule has 0 bridgehead atoms. The summed E-state index contributed by atoms with van der Waals surface area (Å²) >= 11 is 0. The molecular weight excluding hydrogens is 268 g/mol. The number of benzene rings is 1. The van der Waals surface area contributed by atoms with Crippen molar-refractivity contribution in [3.8, 4) is 6.07 Å². The maximum absolute atomic E-state index is 11.8. The van der Waals surface area contributed by atoms with Gasteiger partial charge in [0.25, 0.3) is 0 Å². The van der Waals surface area contributed by atoms with Gasteiger partial charge < -0.3 is 15.3 Å². The average molecular weight is 286 g/mol. The molecule has 1 unspecified atom stereocenters. The molecule has 0 heterocycles. The number of hydrogen-bond acceptors (Lipinski definition) is 5. The number of aliphatic hydroxyl groups is 1. The summed E-state index contributed by atoms with van der Waals surface area (Å²) in [4.78, 5) is 11.8. The van der Waals surface area contributed by atoms with E-state index in [0.717, 1.165) is 5.56 Å². The molecule has 0 saturated carbocycles. The van der Waals surface area contributed by atoms with E-state index in [-0.39, 0.29) is 24.3 Å². The number of esters is 1. The van der Waals surface area contributed by atoms with Gasteiger partial charge in [-0.2, -0.15) is 5.26 Å². The molecule has 0 aromatic heterocycles. The molecule has 0 spiro atoms. The van der Waals surface area contributed by atoms with Crippen LogP contribution in [0.4, 0.5) is 0 Å². The predicted molar refractivity (Wildman–Crippen MR) is 78.9 cm³/mol. The standard InChI is InChI=1S/C16H18N2O3/c1-3-21-16(20)14(11(2)18)15(19)13(10-17)9-12-7-5-4-6-8-12/h4-8,13,18-19H,3,9H2,1-2H3/b15-14-,18-11?. The van der Waals surface area contributed by atoms with E-state index in [1.165, 1.54) is 6.92 Å². The van der Waals surface area contributed by atoms with Gasteiger partial charge in [0.1, 0.15) is 17.3 Å². The van der Waals surface area contributed by atoms with Gasteiger partial charge in [-0.15, -0.1) is 0 Å². The van der Waals surface area contributed by atoms with Crippen LogP contribution in [0.1, 0.15) is 19.4 Å². The molecule has 1 aromatic rings. The quantitative estimate of drug-likeness (QED) is 0.364. The number of nitrogens with zero attached hydrogens (tertiary/aromatic N) is 1. The Kier molecular flexibility index (Phi) is 6.15. The monoisotopic (exact) mass is 286 g/mol. The molecule has 0 aliphatic carbocycles. The van der Waals surface area contributed by atoms with Crippen LogP contribution in [0.3, 0.4) is 0 Å². The van der Waals surface area contributed by atoms with E-state index >= 15 is 0 Å². The summed E-state index contributed by atoms with van der Waals surface area (Å²) in [5, 5.41) is 27.1. The van der Waals surface area contributed by atoms with Crippen LogP contribution in [-0.2, 0) is 16.0 Å².